The molecule has 23 heavy (non-hydrogen) atoms. The number of hydrogen-bond donors (Lipinski definition) is 0. The zero-order valence-corrected chi connectivity index (χ0v) is 13.9. The second-order valence-corrected chi connectivity index (χ2v) is 6.03. The molecular weight excluding hydrogens is 290 g/mol. The number of methoxy groups -OCH3 is 1. The van der Waals surface area contributed by atoms with E-state index in [9.17, 15) is 0 Å². The number of ether oxygens (including phenoxy) is 1. The van der Waals surface area contributed by atoms with Gasteiger partial charge < -0.3 is 9.64 Å². The van der Waals surface area contributed by atoms with Gasteiger partial charge in [0.25, 0.3) is 0 Å². The Morgan fingerprint density at radius 3 is 2.83 bits per heavy atom. The first-order valence-corrected chi connectivity index (χ1v) is 7.91. The molecule has 1 atom stereocenters. The highest BCUT2D eigenvalue weighted by molar-refractivity contribution is 5.35. The molecule has 0 saturated carbocycles. The Bertz CT molecular complexity index is 644. The minimum absolute atomic E-state index is 0.309. The maximum atomic E-state index is 5.44. The largest absolute Gasteiger partial charge is 0.496 e. The third-order valence-electron chi connectivity index (χ3n) is 4.29. The smallest absolute Gasteiger partial charge is 0.150 e. The van der Waals surface area contributed by atoms with Crippen LogP contribution in [0.15, 0.2) is 30.6 Å². The predicted molar refractivity (Wildman–Crippen MR) is 89.5 cm³/mol. The lowest BCUT2D eigenvalue weighted by molar-refractivity contribution is 0.239. The maximum absolute atomic E-state index is 5.44. The summed E-state index contributed by atoms with van der Waals surface area (Å²) >= 11 is 0. The van der Waals surface area contributed by atoms with Gasteiger partial charge in [0.1, 0.15) is 5.75 Å². The zero-order chi connectivity index (χ0) is 16.2. The fraction of sp³-hybridized carbons (Fsp3) is 0.471. The van der Waals surface area contributed by atoms with Crippen LogP contribution in [-0.4, -0.2) is 47.8 Å². The van der Waals surface area contributed by atoms with Crippen LogP contribution < -0.4 is 9.64 Å². The molecular formula is C17H23N5O. The van der Waals surface area contributed by atoms with Crippen molar-refractivity contribution in [3.8, 4) is 5.75 Å². The SMILES string of the molecule is COc1ccncc1CN1CCCC1c1ccc(N(C)C)nn1. The molecule has 3 heterocycles. The number of likely N-dealkylation sites (tertiary alicyclic amines) is 1. The summed E-state index contributed by atoms with van der Waals surface area (Å²) in [6.07, 6.45) is 5.92. The maximum Gasteiger partial charge on any atom is 0.150 e. The average Bonchev–Trinajstić information content (AvgIpc) is 3.03. The second kappa shape index (κ2) is 6.91. The van der Waals surface area contributed by atoms with Crippen molar-refractivity contribution in [2.24, 2.45) is 0 Å². The Hall–Kier alpha value is -2.21. The van der Waals surface area contributed by atoms with E-state index in [1.165, 1.54) is 6.42 Å². The molecule has 2 aromatic heterocycles. The van der Waals surface area contributed by atoms with Crippen molar-refractivity contribution in [1.82, 2.24) is 20.1 Å². The molecule has 122 valence electrons. The van der Waals surface area contributed by atoms with E-state index >= 15 is 0 Å². The number of nitrogens with zero attached hydrogens (tertiary/aromatic N) is 5. The Morgan fingerprint density at radius 2 is 2.13 bits per heavy atom. The van der Waals surface area contributed by atoms with Gasteiger partial charge in [0.05, 0.1) is 18.8 Å². The molecule has 0 aromatic carbocycles. The fourth-order valence-corrected chi connectivity index (χ4v) is 3.05. The molecule has 6 heteroatoms. The molecule has 0 bridgehead atoms. The van der Waals surface area contributed by atoms with Gasteiger partial charge in [-0.25, -0.2) is 0 Å². The molecule has 0 N–H and O–H groups in total. The van der Waals surface area contributed by atoms with Gasteiger partial charge in [0, 0.05) is 38.6 Å². The molecule has 0 aliphatic carbocycles. The number of aromatic nitrogens is 3. The molecule has 1 fully saturated rings. The first-order chi connectivity index (χ1) is 11.2. The monoisotopic (exact) mass is 313 g/mol. The van der Waals surface area contributed by atoms with Gasteiger partial charge in [-0.05, 0) is 37.6 Å². The molecule has 1 aliphatic heterocycles. The highest BCUT2D eigenvalue weighted by atomic mass is 16.5. The van der Waals surface area contributed by atoms with Crippen molar-refractivity contribution in [3.63, 3.8) is 0 Å². The van der Waals surface area contributed by atoms with E-state index in [1.54, 1.807) is 13.3 Å². The highest BCUT2D eigenvalue weighted by Crippen LogP contribution is 2.33. The number of rotatable bonds is 5. The summed E-state index contributed by atoms with van der Waals surface area (Å²) in [4.78, 5) is 8.62. The van der Waals surface area contributed by atoms with Gasteiger partial charge in [-0.2, -0.15) is 5.10 Å². The van der Waals surface area contributed by atoms with Gasteiger partial charge in [-0.1, -0.05) is 0 Å². The standard InChI is InChI=1S/C17H23N5O/c1-21(2)17-7-6-14(19-20-17)15-5-4-10-22(15)12-13-11-18-9-8-16(13)23-3/h6-9,11,15H,4-5,10,12H2,1-3H3. The summed E-state index contributed by atoms with van der Waals surface area (Å²) < 4.78 is 5.44. The molecule has 3 rings (SSSR count). The zero-order valence-electron chi connectivity index (χ0n) is 13.9. The minimum Gasteiger partial charge on any atom is -0.496 e. The number of anilines is 1. The van der Waals surface area contributed by atoms with Crippen molar-refractivity contribution in [3.05, 3.63) is 41.9 Å². The van der Waals surface area contributed by atoms with Crippen LogP contribution in [0.3, 0.4) is 0 Å². The Labute approximate surface area is 137 Å². The third-order valence-corrected chi connectivity index (χ3v) is 4.29. The summed E-state index contributed by atoms with van der Waals surface area (Å²) in [5, 5.41) is 8.75. The van der Waals surface area contributed by atoms with Crippen molar-refractivity contribution < 1.29 is 4.74 Å². The van der Waals surface area contributed by atoms with E-state index in [-0.39, 0.29) is 0 Å². The summed E-state index contributed by atoms with van der Waals surface area (Å²) in [6.45, 7) is 1.87. The van der Waals surface area contributed by atoms with E-state index < -0.39 is 0 Å². The van der Waals surface area contributed by atoms with E-state index in [2.05, 4.69) is 26.1 Å². The van der Waals surface area contributed by atoms with Crippen molar-refractivity contribution >= 4 is 5.82 Å². The summed E-state index contributed by atoms with van der Waals surface area (Å²) in [5.41, 5.74) is 2.15. The van der Waals surface area contributed by atoms with Crippen LogP contribution in [0, 0.1) is 0 Å². The van der Waals surface area contributed by atoms with Crippen LogP contribution in [0.1, 0.15) is 30.1 Å². The molecule has 6 nitrogen and oxygen atoms in total. The summed E-state index contributed by atoms with van der Waals surface area (Å²) in [7, 11) is 5.65. The molecule has 0 spiro atoms. The lowest BCUT2D eigenvalue weighted by Gasteiger charge is -2.24. The quantitative estimate of drug-likeness (QED) is 0.844. The highest BCUT2D eigenvalue weighted by Gasteiger charge is 2.28. The van der Waals surface area contributed by atoms with Crippen molar-refractivity contribution in [2.45, 2.75) is 25.4 Å². The van der Waals surface area contributed by atoms with E-state index in [4.69, 9.17) is 4.74 Å². The topological polar surface area (TPSA) is 54.4 Å². The van der Waals surface area contributed by atoms with Gasteiger partial charge in [0.2, 0.25) is 0 Å². The lowest BCUT2D eigenvalue weighted by Crippen LogP contribution is -2.24. The van der Waals surface area contributed by atoms with E-state index in [0.717, 1.165) is 42.3 Å². The molecule has 0 amide bonds. The van der Waals surface area contributed by atoms with Gasteiger partial charge in [-0.15, -0.1) is 5.10 Å². The molecule has 1 unspecified atom stereocenters. The van der Waals surface area contributed by atoms with Crippen molar-refractivity contribution in [1.29, 1.82) is 0 Å². The first kappa shape index (κ1) is 15.7. The number of hydrogen-bond acceptors (Lipinski definition) is 6. The normalized spacial score (nSPS) is 18.1. The average molecular weight is 313 g/mol. The predicted octanol–water partition coefficient (Wildman–Crippen LogP) is 2.28. The van der Waals surface area contributed by atoms with Gasteiger partial charge >= 0.3 is 0 Å². The van der Waals surface area contributed by atoms with Crippen molar-refractivity contribution in [2.75, 3.05) is 32.6 Å². The van der Waals surface area contributed by atoms with E-state index in [1.807, 2.05) is 37.3 Å². The van der Waals surface area contributed by atoms with Gasteiger partial charge in [-0.3, -0.25) is 9.88 Å². The van der Waals surface area contributed by atoms with E-state index in [0.29, 0.717) is 6.04 Å². The molecule has 0 radical (unpaired) electrons. The summed E-state index contributed by atoms with van der Waals surface area (Å²) in [5.74, 6) is 1.77. The minimum atomic E-state index is 0.309. The lowest BCUT2D eigenvalue weighted by atomic mass is 10.1. The Balaban J connectivity index is 1.77. The Morgan fingerprint density at radius 1 is 1.26 bits per heavy atom. The number of pyridine rings is 1. The fourth-order valence-electron chi connectivity index (χ4n) is 3.05. The molecule has 1 saturated heterocycles. The molecule has 1 aliphatic rings. The third kappa shape index (κ3) is 3.42. The molecule has 2 aromatic rings. The van der Waals surface area contributed by atoms with Crippen LogP contribution in [0.2, 0.25) is 0 Å². The van der Waals surface area contributed by atoms with Gasteiger partial charge in [0.15, 0.2) is 5.82 Å². The van der Waals surface area contributed by atoms with Crippen LogP contribution in [-0.2, 0) is 6.54 Å². The van der Waals surface area contributed by atoms with Crippen LogP contribution in [0.4, 0.5) is 5.82 Å². The van der Waals surface area contributed by atoms with Crippen LogP contribution in [0.25, 0.3) is 0 Å². The summed E-state index contributed by atoms with van der Waals surface area (Å²) in [6, 6.07) is 6.34. The Kier molecular flexibility index (Phi) is 4.71. The second-order valence-electron chi connectivity index (χ2n) is 6.03. The van der Waals surface area contributed by atoms with Crippen LogP contribution in [0.5, 0.6) is 5.75 Å². The first-order valence-electron chi connectivity index (χ1n) is 7.91. The van der Waals surface area contributed by atoms with Crippen LogP contribution >= 0.6 is 0 Å².